The fraction of sp³-hybridized carbons (Fsp3) is 0.167. The molecule has 168 valence electrons. The molecule has 1 heterocycles. The molecular weight excluding hydrogens is 417 g/mol. The van der Waals surface area contributed by atoms with Crippen molar-refractivity contribution in [2.75, 3.05) is 31.8 Å². The summed E-state index contributed by atoms with van der Waals surface area (Å²) in [6, 6.07) is 14.0. The van der Waals surface area contributed by atoms with Gasteiger partial charge in [0, 0.05) is 31.4 Å². The third-order valence-corrected chi connectivity index (χ3v) is 4.98. The van der Waals surface area contributed by atoms with E-state index in [9.17, 15) is 9.59 Å². The number of ether oxygens (including phenoxy) is 1. The highest BCUT2D eigenvalue weighted by atomic mass is 16.5. The molecule has 33 heavy (non-hydrogen) atoms. The highest BCUT2D eigenvalue weighted by Gasteiger charge is 2.20. The SMILES string of the molecule is Bc1ccc(NC(=O)c2cc(C)cc(OC)c2NC(=O)c2ccc(/C(=N\C)NC)cc2)nc1. The number of pyridine rings is 1. The minimum Gasteiger partial charge on any atom is -0.495 e. The molecule has 0 aliphatic rings. The van der Waals surface area contributed by atoms with Crippen LogP contribution < -0.4 is 26.2 Å². The number of hydrogen-bond acceptors (Lipinski definition) is 5. The van der Waals surface area contributed by atoms with Crippen LogP contribution in [0.5, 0.6) is 5.75 Å². The summed E-state index contributed by atoms with van der Waals surface area (Å²) in [6.45, 7) is 1.85. The van der Waals surface area contributed by atoms with Crippen molar-refractivity contribution < 1.29 is 14.3 Å². The average molecular weight is 443 g/mol. The van der Waals surface area contributed by atoms with Crippen LogP contribution in [0.1, 0.15) is 31.8 Å². The monoisotopic (exact) mass is 443 g/mol. The molecule has 1 aromatic heterocycles. The molecule has 0 saturated heterocycles. The van der Waals surface area contributed by atoms with Gasteiger partial charge in [-0.3, -0.25) is 14.6 Å². The molecule has 0 aliphatic heterocycles. The molecule has 0 atom stereocenters. The fourth-order valence-electron chi connectivity index (χ4n) is 3.30. The van der Waals surface area contributed by atoms with Crippen LogP contribution in [0, 0.1) is 6.92 Å². The lowest BCUT2D eigenvalue weighted by Crippen LogP contribution is -2.21. The molecule has 3 N–H and O–H groups in total. The van der Waals surface area contributed by atoms with Crippen LogP contribution >= 0.6 is 0 Å². The van der Waals surface area contributed by atoms with Crippen molar-refractivity contribution in [2.24, 2.45) is 4.99 Å². The molecule has 0 unspecified atom stereocenters. The summed E-state index contributed by atoms with van der Waals surface area (Å²) in [7, 11) is 6.88. The molecule has 2 amide bonds. The standard InChI is InChI=1S/C24H26BN5O3/c1-14-11-18(24(32)29-20-10-9-17(25)13-28-20)21(19(12-14)33-4)30-23(31)16-7-5-15(6-8-16)22(26-2)27-3/h5-13H,25H2,1-4H3,(H,26,27)(H,30,31)(H,28,29,32). The predicted molar refractivity (Wildman–Crippen MR) is 134 cm³/mol. The summed E-state index contributed by atoms with van der Waals surface area (Å²) in [5.74, 6) is 0.739. The Balaban J connectivity index is 1.90. The van der Waals surface area contributed by atoms with Gasteiger partial charge < -0.3 is 20.7 Å². The lowest BCUT2D eigenvalue weighted by atomic mass is 9.99. The Morgan fingerprint density at radius 1 is 1.00 bits per heavy atom. The molecule has 2 aromatic carbocycles. The summed E-state index contributed by atoms with van der Waals surface area (Å²) in [5, 5.41) is 8.61. The molecule has 0 spiro atoms. The van der Waals surface area contributed by atoms with E-state index in [1.165, 1.54) is 7.11 Å². The number of nitrogens with zero attached hydrogens (tertiary/aromatic N) is 2. The number of hydrogen-bond donors (Lipinski definition) is 3. The second kappa shape index (κ2) is 10.5. The molecule has 8 nitrogen and oxygen atoms in total. The first-order valence-corrected chi connectivity index (χ1v) is 10.3. The van der Waals surface area contributed by atoms with Crippen molar-refractivity contribution in [3.63, 3.8) is 0 Å². The van der Waals surface area contributed by atoms with Gasteiger partial charge in [0.15, 0.2) is 0 Å². The molecule has 0 fully saturated rings. The van der Waals surface area contributed by atoms with Gasteiger partial charge in [-0.25, -0.2) is 4.98 Å². The molecule has 3 aromatic rings. The molecule has 9 heteroatoms. The number of aliphatic imine (C=N–C) groups is 1. The average Bonchev–Trinajstić information content (AvgIpc) is 2.82. The van der Waals surface area contributed by atoms with E-state index in [1.54, 1.807) is 62.8 Å². The van der Waals surface area contributed by atoms with Gasteiger partial charge in [0.05, 0.1) is 18.4 Å². The smallest absolute Gasteiger partial charge is 0.259 e. The summed E-state index contributed by atoms with van der Waals surface area (Å²) in [4.78, 5) is 34.4. The van der Waals surface area contributed by atoms with E-state index >= 15 is 0 Å². The van der Waals surface area contributed by atoms with Crippen molar-refractivity contribution in [1.29, 1.82) is 0 Å². The van der Waals surface area contributed by atoms with E-state index in [4.69, 9.17) is 4.74 Å². The number of rotatable bonds is 6. The van der Waals surface area contributed by atoms with Crippen LogP contribution in [0.15, 0.2) is 59.7 Å². The van der Waals surface area contributed by atoms with E-state index < -0.39 is 5.91 Å². The van der Waals surface area contributed by atoms with E-state index in [0.717, 1.165) is 16.6 Å². The summed E-state index contributed by atoms with van der Waals surface area (Å²) < 4.78 is 5.47. The van der Waals surface area contributed by atoms with Crippen molar-refractivity contribution in [2.45, 2.75) is 6.92 Å². The number of nitrogens with one attached hydrogen (secondary N) is 3. The first-order chi connectivity index (χ1) is 15.9. The van der Waals surface area contributed by atoms with Crippen LogP contribution in [0.3, 0.4) is 0 Å². The summed E-state index contributed by atoms with van der Waals surface area (Å²) in [6.07, 6.45) is 1.67. The number of aryl methyl sites for hydroxylation is 1. The van der Waals surface area contributed by atoms with Crippen molar-refractivity contribution in [3.05, 3.63) is 77.0 Å². The zero-order chi connectivity index (χ0) is 24.0. The fourth-order valence-corrected chi connectivity index (χ4v) is 3.30. The minimum absolute atomic E-state index is 0.273. The molecule has 0 aliphatic carbocycles. The number of carbonyl (C=O) groups is 2. The maximum Gasteiger partial charge on any atom is 0.259 e. The number of aromatic nitrogens is 1. The topological polar surface area (TPSA) is 105 Å². The number of amidine groups is 1. The highest BCUT2D eigenvalue weighted by Crippen LogP contribution is 2.31. The Kier molecular flexibility index (Phi) is 7.45. The first-order valence-electron chi connectivity index (χ1n) is 10.3. The Labute approximate surface area is 193 Å². The van der Waals surface area contributed by atoms with Gasteiger partial charge in [-0.2, -0.15) is 0 Å². The molecule has 0 radical (unpaired) electrons. The maximum absolute atomic E-state index is 13.1. The van der Waals surface area contributed by atoms with Gasteiger partial charge in [-0.15, -0.1) is 0 Å². The molecule has 0 saturated carbocycles. The van der Waals surface area contributed by atoms with E-state index in [1.807, 2.05) is 20.8 Å². The van der Waals surface area contributed by atoms with Gasteiger partial charge in [-0.1, -0.05) is 23.7 Å². The number of methoxy groups -OCH3 is 1. The maximum atomic E-state index is 13.1. The van der Waals surface area contributed by atoms with Gasteiger partial charge in [-0.05, 0) is 42.8 Å². The van der Waals surface area contributed by atoms with E-state index in [0.29, 0.717) is 23.0 Å². The second-order valence-corrected chi connectivity index (χ2v) is 7.42. The quantitative estimate of drug-likeness (QED) is 0.306. The van der Waals surface area contributed by atoms with Crippen LogP contribution in [0.4, 0.5) is 11.5 Å². The van der Waals surface area contributed by atoms with Gasteiger partial charge in [0.2, 0.25) is 0 Å². The zero-order valence-corrected chi connectivity index (χ0v) is 19.3. The van der Waals surface area contributed by atoms with Crippen molar-refractivity contribution in [3.8, 4) is 5.75 Å². The third-order valence-electron chi connectivity index (χ3n) is 4.98. The van der Waals surface area contributed by atoms with Crippen LogP contribution in [-0.4, -0.2) is 51.7 Å². The Morgan fingerprint density at radius 3 is 2.27 bits per heavy atom. The molecule has 3 rings (SSSR count). The largest absolute Gasteiger partial charge is 0.495 e. The molecular formula is C24H26BN5O3. The highest BCUT2D eigenvalue weighted by molar-refractivity contribution is 6.32. The summed E-state index contributed by atoms with van der Waals surface area (Å²) in [5.41, 5.74) is 3.64. The lowest BCUT2D eigenvalue weighted by molar-refractivity contribution is 0.102. The van der Waals surface area contributed by atoms with Gasteiger partial charge >= 0.3 is 0 Å². The lowest BCUT2D eigenvalue weighted by Gasteiger charge is -2.16. The summed E-state index contributed by atoms with van der Waals surface area (Å²) >= 11 is 0. The number of carbonyl (C=O) groups excluding carboxylic acids is 2. The van der Waals surface area contributed by atoms with Crippen molar-refractivity contribution in [1.82, 2.24) is 10.3 Å². The Hall–Kier alpha value is -4.14. The Morgan fingerprint density at radius 2 is 1.70 bits per heavy atom. The normalized spacial score (nSPS) is 11.0. The number of benzene rings is 2. The van der Waals surface area contributed by atoms with Crippen LogP contribution in [0.25, 0.3) is 0 Å². The van der Waals surface area contributed by atoms with Gasteiger partial charge in [0.1, 0.15) is 25.2 Å². The second-order valence-electron chi connectivity index (χ2n) is 7.42. The van der Waals surface area contributed by atoms with E-state index in [-0.39, 0.29) is 17.2 Å². The van der Waals surface area contributed by atoms with Crippen molar-refractivity contribution >= 4 is 42.5 Å². The van der Waals surface area contributed by atoms with Gasteiger partial charge in [0.25, 0.3) is 11.8 Å². The van der Waals surface area contributed by atoms with E-state index in [2.05, 4.69) is 25.9 Å². The van der Waals surface area contributed by atoms with Crippen LogP contribution in [-0.2, 0) is 0 Å². The zero-order valence-electron chi connectivity index (χ0n) is 19.3. The number of amides is 2. The third kappa shape index (κ3) is 5.57. The Bertz CT molecular complexity index is 1190. The van der Waals surface area contributed by atoms with Crippen LogP contribution in [0.2, 0.25) is 0 Å². The predicted octanol–water partition coefficient (Wildman–Crippen LogP) is 1.76. The molecule has 0 bridgehead atoms. The first kappa shape index (κ1) is 23.5. The minimum atomic E-state index is -0.406. The number of anilines is 2.